The third-order valence-electron chi connectivity index (χ3n) is 4.05. The molecule has 2 aromatic rings. The van der Waals surface area contributed by atoms with Gasteiger partial charge in [0, 0.05) is 0 Å². The number of ether oxygens (including phenoxy) is 3. The van der Waals surface area contributed by atoms with Crippen LogP contribution in [0.4, 0.5) is 4.79 Å². The lowest BCUT2D eigenvalue weighted by molar-refractivity contribution is 0.00217. The van der Waals surface area contributed by atoms with Gasteiger partial charge in [0.05, 0.1) is 18.2 Å². The first-order valence-electron chi connectivity index (χ1n) is 7.94. The Hall–Kier alpha value is -3.35. The Morgan fingerprint density at radius 2 is 1.58 bits per heavy atom. The molecule has 0 radical (unpaired) electrons. The maximum atomic E-state index is 12.2. The van der Waals surface area contributed by atoms with Crippen molar-refractivity contribution in [2.24, 2.45) is 0 Å². The summed E-state index contributed by atoms with van der Waals surface area (Å²) in [4.78, 5) is 37.1. The normalized spacial score (nSPS) is 14.0. The van der Waals surface area contributed by atoms with E-state index in [9.17, 15) is 14.4 Å². The van der Waals surface area contributed by atoms with Crippen molar-refractivity contribution < 1.29 is 28.6 Å². The second kappa shape index (κ2) is 7.26. The molecule has 0 saturated carbocycles. The van der Waals surface area contributed by atoms with Crippen molar-refractivity contribution in [2.75, 3.05) is 13.8 Å². The lowest BCUT2D eigenvalue weighted by Gasteiger charge is -2.16. The number of rotatable bonds is 5. The molecule has 1 aliphatic heterocycles. The van der Waals surface area contributed by atoms with Gasteiger partial charge in [0.15, 0.2) is 6.73 Å². The molecule has 0 fully saturated rings. The highest BCUT2D eigenvalue weighted by atomic mass is 16.7. The predicted molar refractivity (Wildman–Crippen MR) is 90.8 cm³/mol. The molecule has 2 amide bonds. The van der Waals surface area contributed by atoms with Gasteiger partial charge in [-0.3, -0.25) is 9.59 Å². The molecule has 2 aromatic carbocycles. The Morgan fingerprint density at radius 3 is 2.12 bits per heavy atom. The van der Waals surface area contributed by atoms with E-state index in [1.807, 2.05) is 0 Å². The summed E-state index contributed by atoms with van der Waals surface area (Å²) in [7, 11) is 1.56. The number of methoxy groups -OCH3 is 1. The number of imide groups is 1. The second-order valence-electron chi connectivity index (χ2n) is 5.64. The van der Waals surface area contributed by atoms with E-state index < -0.39 is 30.8 Å². The minimum absolute atomic E-state index is 0.293. The average Bonchev–Trinajstić information content (AvgIpc) is 2.91. The van der Waals surface area contributed by atoms with Gasteiger partial charge in [0.2, 0.25) is 0 Å². The zero-order valence-electron chi connectivity index (χ0n) is 14.3. The number of hydrogen-bond acceptors (Lipinski definition) is 6. The molecule has 1 unspecified atom stereocenters. The fourth-order valence-electron chi connectivity index (χ4n) is 2.59. The summed E-state index contributed by atoms with van der Waals surface area (Å²) in [5.41, 5.74) is 1.34. The highest BCUT2D eigenvalue weighted by Crippen LogP contribution is 2.23. The Labute approximate surface area is 150 Å². The molecule has 0 aliphatic carbocycles. The number of carbonyl (C=O) groups is 3. The van der Waals surface area contributed by atoms with Crippen LogP contribution in [0.5, 0.6) is 5.75 Å². The van der Waals surface area contributed by atoms with Crippen LogP contribution < -0.4 is 4.74 Å². The van der Waals surface area contributed by atoms with Gasteiger partial charge in [-0.05, 0) is 36.8 Å². The molecule has 7 nitrogen and oxygen atoms in total. The Balaban J connectivity index is 1.56. The maximum absolute atomic E-state index is 12.2. The molecule has 0 saturated heterocycles. The highest BCUT2D eigenvalue weighted by Gasteiger charge is 2.36. The SMILES string of the molecule is COc1ccc(C(C)OC(=O)OCN2C(=O)c3ccccc3C2=O)cc1. The number of fused-ring (bicyclic) bond motifs is 1. The lowest BCUT2D eigenvalue weighted by Crippen LogP contribution is -2.33. The van der Waals surface area contributed by atoms with Crippen molar-refractivity contribution in [3.8, 4) is 5.75 Å². The molecular weight excluding hydrogens is 338 g/mol. The Morgan fingerprint density at radius 1 is 1.00 bits per heavy atom. The van der Waals surface area contributed by atoms with Crippen LogP contribution in [0, 0.1) is 0 Å². The van der Waals surface area contributed by atoms with Gasteiger partial charge >= 0.3 is 6.16 Å². The summed E-state index contributed by atoms with van der Waals surface area (Å²) >= 11 is 0. The molecule has 0 N–H and O–H groups in total. The summed E-state index contributed by atoms with van der Waals surface area (Å²) in [6.45, 7) is 1.19. The zero-order valence-corrected chi connectivity index (χ0v) is 14.3. The van der Waals surface area contributed by atoms with E-state index >= 15 is 0 Å². The number of amides is 2. The van der Waals surface area contributed by atoms with Gasteiger partial charge in [-0.2, -0.15) is 0 Å². The van der Waals surface area contributed by atoms with Gasteiger partial charge in [0.1, 0.15) is 11.9 Å². The fourth-order valence-corrected chi connectivity index (χ4v) is 2.59. The van der Waals surface area contributed by atoms with Gasteiger partial charge in [0.25, 0.3) is 11.8 Å². The molecule has 0 bridgehead atoms. The van der Waals surface area contributed by atoms with Gasteiger partial charge in [-0.15, -0.1) is 0 Å². The Kier molecular flexibility index (Phi) is 4.88. The molecule has 1 aliphatic rings. The van der Waals surface area contributed by atoms with Crippen LogP contribution in [0.3, 0.4) is 0 Å². The van der Waals surface area contributed by atoms with Crippen molar-refractivity contribution in [3.05, 3.63) is 65.2 Å². The van der Waals surface area contributed by atoms with Crippen LogP contribution in [-0.2, 0) is 9.47 Å². The number of carbonyl (C=O) groups excluding carboxylic acids is 3. The first kappa shape index (κ1) is 17.5. The van der Waals surface area contributed by atoms with E-state index in [2.05, 4.69) is 0 Å². The molecule has 1 heterocycles. The molecule has 0 spiro atoms. The van der Waals surface area contributed by atoms with E-state index in [1.165, 1.54) is 0 Å². The van der Waals surface area contributed by atoms with Gasteiger partial charge < -0.3 is 14.2 Å². The highest BCUT2D eigenvalue weighted by molar-refractivity contribution is 6.21. The summed E-state index contributed by atoms with van der Waals surface area (Å²) in [6.07, 6.45) is -1.53. The second-order valence-corrected chi connectivity index (χ2v) is 5.64. The summed E-state index contributed by atoms with van der Waals surface area (Å²) < 4.78 is 15.2. The Bertz CT molecular complexity index is 810. The maximum Gasteiger partial charge on any atom is 0.510 e. The molecule has 7 heteroatoms. The van der Waals surface area contributed by atoms with E-state index in [1.54, 1.807) is 62.6 Å². The molecule has 0 aromatic heterocycles. The van der Waals surface area contributed by atoms with Gasteiger partial charge in [-0.25, -0.2) is 9.69 Å². The first-order chi connectivity index (χ1) is 12.5. The topological polar surface area (TPSA) is 82.1 Å². The zero-order chi connectivity index (χ0) is 18.7. The van der Waals surface area contributed by atoms with Crippen molar-refractivity contribution in [2.45, 2.75) is 13.0 Å². The van der Waals surface area contributed by atoms with Crippen LogP contribution in [0.15, 0.2) is 48.5 Å². The minimum Gasteiger partial charge on any atom is -0.497 e. The molecule has 26 heavy (non-hydrogen) atoms. The van der Waals surface area contributed by atoms with Crippen LogP contribution >= 0.6 is 0 Å². The van der Waals surface area contributed by atoms with Crippen molar-refractivity contribution in [1.29, 1.82) is 0 Å². The average molecular weight is 355 g/mol. The fraction of sp³-hybridized carbons (Fsp3) is 0.211. The third kappa shape index (κ3) is 3.37. The number of benzene rings is 2. The summed E-state index contributed by atoms with van der Waals surface area (Å²) in [6, 6.07) is 13.5. The molecule has 3 rings (SSSR count). The van der Waals surface area contributed by atoms with Crippen LogP contribution in [0.2, 0.25) is 0 Å². The summed E-state index contributed by atoms with van der Waals surface area (Å²) in [5, 5.41) is 0. The van der Waals surface area contributed by atoms with E-state index in [0.717, 1.165) is 10.5 Å². The van der Waals surface area contributed by atoms with Crippen molar-refractivity contribution in [3.63, 3.8) is 0 Å². The van der Waals surface area contributed by atoms with Crippen LogP contribution in [0.1, 0.15) is 39.3 Å². The molecular formula is C19H17NO6. The van der Waals surface area contributed by atoms with E-state index in [4.69, 9.17) is 14.2 Å². The third-order valence-corrected chi connectivity index (χ3v) is 4.05. The first-order valence-corrected chi connectivity index (χ1v) is 7.94. The predicted octanol–water partition coefficient (Wildman–Crippen LogP) is 3.16. The van der Waals surface area contributed by atoms with Crippen molar-refractivity contribution >= 4 is 18.0 Å². The summed E-state index contributed by atoms with van der Waals surface area (Å²) in [5.74, 6) is -0.308. The lowest BCUT2D eigenvalue weighted by atomic mass is 10.1. The van der Waals surface area contributed by atoms with E-state index in [0.29, 0.717) is 16.9 Å². The largest absolute Gasteiger partial charge is 0.510 e. The number of hydrogen-bond donors (Lipinski definition) is 0. The van der Waals surface area contributed by atoms with Crippen LogP contribution in [0.25, 0.3) is 0 Å². The molecule has 1 atom stereocenters. The quantitative estimate of drug-likeness (QED) is 0.605. The number of nitrogens with zero attached hydrogens (tertiary/aromatic N) is 1. The van der Waals surface area contributed by atoms with Gasteiger partial charge in [-0.1, -0.05) is 24.3 Å². The molecule has 134 valence electrons. The monoisotopic (exact) mass is 355 g/mol. The minimum atomic E-state index is -0.968. The van der Waals surface area contributed by atoms with Crippen molar-refractivity contribution in [1.82, 2.24) is 4.90 Å². The smallest absolute Gasteiger partial charge is 0.497 e. The van der Waals surface area contributed by atoms with E-state index in [-0.39, 0.29) is 0 Å². The standard InChI is InChI=1S/C19H17NO6/c1-12(13-7-9-14(24-2)10-8-13)26-19(23)25-11-20-17(21)15-5-3-4-6-16(15)18(20)22/h3-10,12H,11H2,1-2H3. The van der Waals surface area contributed by atoms with Crippen LogP contribution in [-0.4, -0.2) is 36.7 Å².